The summed E-state index contributed by atoms with van der Waals surface area (Å²) in [5.74, 6) is 0.137. The van der Waals surface area contributed by atoms with Gasteiger partial charge >= 0.3 is 0 Å². The van der Waals surface area contributed by atoms with E-state index in [1.807, 2.05) is 30.1 Å². The molecule has 1 aromatic rings. The van der Waals surface area contributed by atoms with Gasteiger partial charge in [-0.05, 0) is 26.0 Å². The maximum atomic E-state index is 11.6. The second kappa shape index (κ2) is 4.20. The largest absolute Gasteiger partial charge is 0.295 e. The Balaban J connectivity index is 2.37. The highest BCUT2D eigenvalue weighted by atomic mass is 16.2. The topological polar surface area (TPSA) is 40.6 Å². The standard InChI is InChI=1S/C13H16N2O2/c1-9-7-13(17)14(3)15(9)12-6-4-5-11(8-12)10(2)16/h4-6,8-9H,7H2,1-3H3. The normalized spacial score (nSPS) is 19.9. The van der Waals surface area contributed by atoms with Crippen LogP contribution in [0.4, 0.5) is 5.69 Å². The fraction of sp³-hybridized carbons (Fsp3) is 0.385. The fourth-order valence-electron chi connectivity index (χ4n) is 2.18. The van der Waals surface area contributed by atoms with E-state index in [-0.39, 0.29) is 17.7 Å². The van der Waals surface area contributed by atoms with Gasteiger partial charge < -0.3 is 0 Å². The SMILES string of the molecule is CC(=O)c1cccc(N2C(C)CC(=O)N2C)c1. The molecule has 0 aromatic heterocycles. The molecule has 0 bridgehead atoms. The van der Waals surface area contributed by atoms with Crippen molar-refractivity contribution in [3.8, 4) is 0 Å². The lowest BCUT2D eigenvalue weighted by molar-refractivity contribution is -0.126. The van der Waals surface area contributed by atoms with E-state index in [0.29, 0.717) is 12.0 Å². The third-order valence-electron chi connectivity index (χ3n) is 3.09. The summed E-state index contributed by atoms with van der Waals surface area (Å²) in [4.78, 5) is 22.9. The Bertz CT molecular complexity index is 470. The number of nitrogens with zero attached hydrogens (tertiary/aromatic N) is 2. The number of rotatable bonds is 2. The van der Waals surface area contributed by atoms with Gasteiger partial charge in [-0.25, -0.2) is 0 Å². The molecule has 2 rings (SSSR count). The highest BCUT2D eigenvalue weighted by molar-refractivity contribution is 5.95. The molecular formula is C13H16N2O2. The average molecular weight is 232 g/mol. The van der Waals surface area contributed by atoms with Crippen molar-refractivity contribution in [3.05, 3.63) is 29.8 Å². The van der Waals surface area contributed by atoms with E-state index in [2.05, 4.69) is 0 Å². The van der Waals surface area contributed by atoms with Gasteiger partial charge in [-0.1, -0.05) is 12.1 Å². The molecule has 1 aliphatic rings. The molecule has 17 heavy (non-hydrogen) atoms. The van der Waals surface area contributed by atoms with Crippen molar-refractivity contribution >= 4 is 17.4 Å². The summed E-state index contributed by atoms with van der Waals surface area (Å²) in [7, 11) is 1.76. The Morgan fingerprint density at radius 3 is 2.65 bits per heavy atom. The number of Topliss-reactive ketones (excluding diaryl/α,β-unsaturated/α-hetero) is 1. The van der Waals surface area contributed by atoms with Crippen LogP contribution < -0.4 is 5.01 Å². The van der Waals surface area contributed by atoms with Crippen LogP contribution in [-0.2, 0) is 4.79 Å². The fourth-order valence-corrected chi connectivity index (χ4v) is 2.18. The van der Waals surface area contributed by atoms with Crippen LogP contribution in [0.5, 0.6) is 0 Å². The van der Waals surface area contributed by atoms with E-state index in [1.54, 1.807) is 25.0 Å². The third-order valence-corrected chi connectivity index (χ3v) is 3.09. The van der Waals surface area contributed by atoms with E-state index < -0.39 is 0 Å². The summed E-state index contributed by atoms with van der Waals surface area (Å²) in [5, 5.41) is 3.54. The van der Waals surface area contributed by atoms with Crippen LogP contribution in [0.2, 0.25) is 0 Å². The average Bonchev–Trinajstić information content (AvgIpc) is 2.53. The zero-order chi connectivity index (χ0) is 12.6. The van der Waals surface area contributed by atoms with E-state index in [0.717, 1.165) is 5.69 Å². The first-order valence-electron chi connectivity index (χ1n) is 5.67. The lowest BCUT2D eigenvalue weighted by Gasteiger charge is -2.30. The maximum Gasteiger partial charge on any atom is 0.242 e. The molecule has 1 heterocycles. The maximum absolute atomic E-state index is 11.6. The van der Waals surface area contributed by atoms with Gasteiger partial charge in [0, 0.05) is 12.6 Å². The molecule has 0 saturated carbocycles. The zero-order valence-corrected chi connectivity index (χ0v) is 10.3. The lowest BCUT2D eigenvalue weighted by Crippen LogP contribution is -2.39. The molecule has 4 heteroatoms. The van der Waals surface area contributed by atoms with Gasteiger partial charge in [0.05, 0.1) is 18.2 Å². The molecule has 1 aliphatic heterocycles. The van der Waals surface area contributed by atoms with E-state index in [4.69, 9.17) is 0 Å². The monoisotopic (exact) mass is 232 g/mol. The number of carbonyl (C=O) groups excluding carboxylic acids is 2. The molecule has 0 radical (unpaired) electrons. The van der Waals surface area contributed by atoms with Crippen molar-refractivity contribution in [2.24, 2.45) is 0 Å². The second-order valence-electron chi connectivity index (χ2n) is 4.42. The molecule has 0 spiro atoms. The van der Waals surface area contributed by atoms with Gasteiger partial charge in [0.1, 0.15) is 0 Å². The molecule has 1 aromatic carbocycles. The van der Waals surface area contributed by atoms with E-state index in [9.17, 15) is 9.59 Å². The highest BCUT2D eigenvalue weighted by Gasteiger charge is 2.32. The molecule has 1 amide bonds. The Morgan fingerprint density at radius 2 is 2.12 bits per heavy atom. The Morgan fingerprint density at radius 1 is 1.41 bits per heavy atom. The minimum absolute atomic E-state index is 0.0349. The van der Waals surface area contributed by atoms with Crippen molar-refractivity contribution in [1.82, 2.24) is 5.01 Å². The van der Waals surface area contributed by atoms with Crippen LogP contribution in [-0.4, -0.2) is 29.8 Å². The highest BCUT2D eigenvalue weighted by Crippen LogP contribution is 2.26. The van der Waals surface area contributed by atoms with Crippen molar-refractivity contribution in [2.45, 2.75) is 26.3 Å². The summed E-state index contributed by atoms with van der Waals surface area (Å²) in [6.07, 6.45) is 0.515. The first kappa shape index (κ1) is 11.6. The summed E-state index contributed by atoms with van der Waals surface area (Å²) in [6.45, 7) is 3.54. The Hall–Kier alpha value is -1.84. The lowest BCUT2D eigenvalue weighted by atomic mass is 10.1. The number of amides is 1. The predicted molar refractivity (Wildman–Crippen MR) is 65.8 cm³/mol. The molecule has 0 aliphatic carbocycles. The van der Waals surface area contributed by atoms with Crippen molar-refractivity contribution < 1.29 is 9.59 Å². The van der Waals surface area contributed by atoms with Crippen LogP contribution >= 0.6 is 0 Å². The first-order valence-corrected chi connectivity index (χ1v) is 5.67. The zero-order valence-electron chi connectivity index (χ0n) is 10.3. The molecule has 1 unspecified atom stereocenters. The number of carbonyl (C=O) groups is 2. The molecule has 0 N–H and O–H groups in total. The molecule has 90 valence electrons. The number of hydrogen-bond acceptors (Lipinski definition) is 3. The Kier molecular flexibility index (Phi) is 2.88. The van der Waals surface area contributed by atoms with Gasteiger partial charge in [-0.2, -0.15) is 0 Å². The minimum atomic E-state index is 0.0349. The van der Waals surface area contributed by atoms with E-state index >= 15 is 0 Å². The minimum Gasteiger partial charge on any atom is -0.295 e. The number of ketones is 1. The molecule has 1 fully saturated rings. The number of hydrazine groups is 1. The van der Waals surface area contributed by atoms with Crippen LogP contribution in [0, 0.1) is 0 Å². The van der Waals surface area contributed by atoms with Crippen molar-refractivity contribution in [1.29, 1.82) is 0 Å². The van der Waals surface area contributed by atoms with E-state index in [1.165, 1.54) is 0 Å². The summed E-state index contributed by atoms with van der Waals surface area (Å²) in [6, 6.07) is 7.50. The van der Waals surface area contributed by atoms with Crippen molar-refractivity contribution in [3.63, 3.8) is 0 Å². The van der Waals surface area contributed by atoms with Crippen LogP contribution in [0.15, 0.2) is 24.3 Å². The number of anilines is 1. The van der Waals surface area contributed by atoms with Gasteiger partial charge in [-0.15, -0.1) is 0 Å². The van der Waals surface area contributed by atoms with Gasteiger partial charge in [-0.3, -0.25) is 19.6 Å². The van der Waals surface area contributed by atoms with Gasteiger partial charge in [0.25, 0.3) is 0 Å². The molecule has 4 nitrogen and oxygen atoms in total. The number of benzene rings is 1. The predicted octanol–water partition coefficient (Wildman–Crippen LogP) is 1.86. The second-order valence-corrected chi connectivity index (χ2v) is 4.42. The Labute approximate surface area is 101 Å². The van der Waals surface area contributed by atoms with Crippen LogP contribution in [0.1, 0.15) is 30.6 Å². The van der Waals surface area contributed by atoms with Gasteiger partial charge in [0.2, 0.25) is 5.91 Å². The summed E-state index contributed by atoms with van der Waals surface area (Å²) in [5.41, 5.74) is 1.56. The van der Waals surface area contributed by atoms with Crippen LogP contribution in [0.3, 0.4) is 0 Å². The summed E-state index contributed by atoms with van der Waals surface area (Å²) < 4.78 is 0. The molecular weight excluding hydrogens is 216 g/mol. The van der Waals surface area contributed by atoms with Crippen LogP contribution in [0.25, 0.3) is 0 Å². The number of hydrogen-bond donors (Lipinski definition) is 0. The quantitative estimate of drug-likeness (QED) is 0.731. The first-order chi connectivity index (χ1) is 8.00. The summed E-state index contributed by atoms with van der Waals surface area (Å²) >= 11 is 0. The smallest absolute Gasteiger partial charge is 0.242 e. The van der Waals surface area contributed by atoms with Crippen molar-refractivity contribution in [2.75, 3.05) is 12.1 Å². The molecule has 1 atom stereocenters. The van der Waals surface area contributed by atoms with Gasteiger partial charge in [0.15, 0.2) is 5.78 Å². The molecule has 1 saturated heterocycles. The third kappa shape index (κ3) is 2.02.